The van der Waals surface area contributed by atoms with Crippen LogP contribution in [0.1, 0.15) is 20.8 Å². The molecule has 0 radical (unpaired) electrons. The third-order valence-corrected chi connectivity index (χ3v) is 7.36. The average Bonchev–Trinajstić information content (AvgIpc) is 1.91. The fourth-order valence-corrected chi connectivity index (χ4v) is 5.41. The smallest absolute Gasteiger partial charge is 0.302 e. The molecular formula is C4H14O11P4. The minimum atomic E-state index is -5.57. The molecule has 3 atom stereocenters. The first-order valence-electron chi connectivity index (χ1n) is 4.42. The normalized spacial score (nSPS) is 21.4. The molecule has 0 aliphatic heterocycles. The highest BCUT2D eigenvalue weighted by Crippen LogP contribution is 2.69. The van der Waals surface area contributed by atoms with Gasteiger partial charge in [-0.2, -0.15) is 8.62 Å². The summed E-state index contributed by atoms with van der Waals surface area (Å²) in [4.78, 5) is 34.4. The van der Waals surface area contributed by atoms with E-state index < -0.39 is 36.7 Å². The molecule has 0 aliphatic rings. The van der Waals surface area contributed by atoms with Gasteiger partial charge in [0.1, 0.15) is 0 Å². The fraction of sp³-hybridized carbons (Fsp3) is 1.00. The third kappa shape index (κ3) is 9.24. The van der Waals surface area contributed by atoms with Crippen molar-refractivity contribution < 1.29 is 50.8 Å². The zero-order valence-corrected chi connectivity index (χ0v) is 13.7. The Morgan fingerprint density at radius 2 is 1.32 bits per heavy atom. The molecule has 15 heteroatoms. The van der Waals surface area contributed by atoms with E-state index >= 15 is 0 Å². The van der Waals surface area contributed by atoms with E-state index in [1.165, 1.54) is 20.8 Å². The first-order valence-corrected chi connectivity index (χ1v) is 10.3. The zero-order valence-electron chi connectivity index (χ0n) is 9.99. The van der Waals surface area contributed by atoms with Crippen LogP contribution in [0, 0.1) is 0 Å². The number of phosphoric acid groups is 3. The molecule has 3 unspecified atom stereocenters. The van der Waals surface area contributed by atoms with Crippen molar-refractivity contribution in [3.05, 3.63) is 0 Å². The van der Waals surface area contributed by atoms with Crippen LogP contribution in [-0.2, 0) is 31.2 Å². The van der Waals surface area contributed by atoms with Gasteiger partial charge in [0.15, 0.2) is 0 Å². The summed E-state index contributed by atoms with van der Waals surface area (Å²) in [5.41, 5.74) is 0. The maximum absolute atomic E-state index is 11.4. The van der Waals surface area contributed by atoms with Crippen molar-refractivity contribution in [2.75, 3.05) is 0 Å². The molecular weight excluding hydrogens is 348 g/mol. The highest BCUT2D eigenvalue weighted by Gasteiger charge is 2.42. The molecule has 0 fully saturated rings. The molecule has 0 rings (SSSR count). The summed E-state index contributed by atoms with van der Waals surface area (Å²) in [5.74, 6) is 0. The van der Waals surface area contributed by atoms with Crippen LogP contribution in [-0.4, -0.2) is 24.7 Å². The van der Waals surface area contributed by atoms with Gasteiger partial charge in [-0.1, -0.05) is 20.8 Å². The van der Waals surface area contributed by atoms with Crippen LogP contribution in [0.25, 0.3) is 0 Å². The second-order valence-corrected chi connectivity index (χ2v) is 11.2. The van der Waals surface area contributed by atoms with Crippen molar-refractivity contribution in [1.82, 2.24) is 0 Å². The van der Waals surface area contributed by atoms with Crippen molar-refractivity contribution in [1.29, 1.82) is 0 Å². The van der Waals surface area contributed by atoms with Gasteiger partial charge < -0.3 is 19.6 Å². The standard InChI is InChI=1S/C4H14O11P4/c1-4(2,3)16(5)13-18(9,10)15-19(11,12)14-17(6,7)8/h16H,1-3H3,(H,9,10)(H,11,12)(H2,6,7,8). The largest absolute Gasteiger partial charge is 0.490 e. The van der Waals surface area contributed by atoms with Crippen LogP contribution < -0.4 is 0 Å². The third-order valence-electron chi connectivity index (χ3n) is 1.23. The molecule has 0 aromatic carbocycles. The summed E-state index contributed by atoms with van der Waals surface area (Å²) >= 11 is 0. The molecule has 0 aliphatic carbocycles. The summed E-state index contributed by atoms with van der Waals surface area (Å²) in [6.07, 6.45) is 0. The highest BCUT2D eigenvalue weighted by atomic mass is 31.3. The van der Waals surface area contributed by atoms with E-state index in [2.05, 4.69) is 12.9 Å². The topological polar surface area (TPSA) is 177 Å². The van der Waals surface area contributed by atoms with Crippen molar-refractivity contribution >= 4 is 31.5 Å². The van der Waals surface area contributed by atoms with E-state index in [0.717, 1.165) is 0 Å². The Kier molecular flexibility index (Phi) is 6.39. The Balaban J connectivity index is 4.89. The predicted molar refractivity (Wildman–Crippen MR) is 63.7 cm³/mol. The molecule has 4 N–H and O–H groups in total. The molecule has 11 nitrogen and oxygen atoms in total. The maximum Gasteiger partial charge on any atom is 0.490 e. The summed E-state index contributed by atoms with van der Waals surface area (Å²) < 4.78 is 55.0. The van der Waals surface area contributed by atoms with Crippen molar-refractivity contribution in [3.63, 3.8) is 0 Å². The van der Waals surface area contributed by atoms with Crippen molar-refractivity contribution in [3.8, 4) is 0 Å². The van der Waals surface area contributed by atoms with Gasteiger partial charge >= 0.3 is 23.5 Å². The van der Waals surface area contributed by atoms with Crippen LogP contribution in [0.4, 0.5) is 0 Å². The van der Waals surface area contributed by atoms with Gasteiger partial charge in [-0.15, -0.1) is 0 Å². The Labute approximate surface area is 109 Å². The Bertz CT molecular complexity index is 483. The molecule has 0 spiro atoms. The molecule has 0 heterocycles. The minimum Gasteiger partial charge on any atom is -0.302 e. The summed E-state index contributed by atoms with van der Waals surface area (Å²) in [7, 11) is -19.5. The number of rotatable bonds is 6. The number of hydrogen-bond acceptors (Lipinski definition) is 7. The van der Waals surface area contributed by atoms with Crippen molar-refractivity contribution in [2.45, 2.75) is 25.9 Å². The Morgan fingerprint density at radius 3 is 1.63 bits per heavy atom. The van der Waals surface area contributed by atoms with E-state index in [1.807, 2.05) is 0 Å². The lowest BCUT2D eigenvalue weighted by atomic mass is 10.3. The highest BCUT2D eigenvalue weighted by molar-refractivity contribution is 7.68. The molecule has 0 aromatic heterocycles. The van der Waals surface area contributed by atoms with Crippen LogP contribution in [0.2, 0.25) is 0 Å². The second-order valence-electron chi connectivity index (χ2n) is 4.22. The molecule has 0 amide bonds. The first kappa shape index (κ1) is 19.6. The lowest BCUT2D eigenvalue weighted by molar-refractivity contribution is 0.207. The summed E-state index contributed by atoms with van der Waals surface area (Å²) in [6.45, 7) is 4.21. The van der Waals surface area contributed by atoms with E-state index in [1.54, 1.807) is 0 Å². The van der Waals surface area contributed by atoms with Gasteiger partial charge in [0.2, 0.25) is 8.03 Å². The lowest BCUT2D eigenvalue weighted by Crippen LogP contribution is -2.08. The van der Waals surface area contributed by atoms with Crippen LogP contribution in [0.3, 0.4) is 0 Å². The molecule has 19 heavy (non-hydrogen) atoms. The SMILES string of the molecule is CC(C)(C)[PH](=O)OP(=O)(O)OP(=O)(O)OP(=O)(O)O. The first-order chi connectivity index (χ1) is 8.04. The lowest BCUT2D eigenvalue weighted by Gasteiger charge is -2.21. The molecule has 0 saturated heterocycles. The van der Waals surface area contributed by atoms with Gasteiger partial charge in [0, 0.05) is 5.16 Å². The number of hydrogen-bond donors (Lipinski definition) is 4. The second kappa shape index (κ2) is 6.18. The Morgan fingerprint density at radius 1 is 0.895 bits per heavy atom. The van der Waals surface area contributed by atoms with Gasteiger partial charge in [0.05, 0.1) is 0 Å². The molecule has 0 bridgehead atoms. The van der Waals surface area contributed by atoms with Gasteiger partial charge in [-0.05, 0) is 0 Å². The predicted octanol–water partition coefficient (Wildman–Crippen LogP) is 1.60. The summed E-state index contributed by atoms with van der Waals surface area (Å²) in [5, 5.41) is -1.03. The molecule has 116 valence electrons. The Hall–Kier alpha value is 0.640. The summed E-state index contributed by atoms with van der Waals surface area (Å²) in [6, 6.07) is 0. The van der Waals surface area contributed by atoms with Crippen LogP contribution >= 0.6 is 31.5 Å². The van der Waals surface area contributed by atoms with Crippen molar-refractivity contribution in [2.24, 2.45) is 0 Å². The molecule has 0 aromatic rings. The van der Waals surface area contributed by atoms with Gasteiger partial charge in [-0.3, -0.25) is 4.57 Å². The molecule has 0 saturated carbocycles. The zero-order chi connectivity index (χ0) is 15.7. The van der Waals surface area contributed by atoms with E-state index in [4.69, 9.17) is 19.6 Å². The van der Waals surface area contributed by atoms with E-state index in [9.17, 15) is 18.3 Å². The average molecular weight is 362 g/mol. The monoisotopic (exact) mass is 362 g/mol. The minimum absolute atomic E-state index is 1.03. The van der Waals surface area contributed by atoms with Crippen LogP contribution in [0.15, 0.2) is 0 Å². The van der Waals surface area contributed by atoms with Crippen LogP contribution in [0.5, 0.6) is 0 Å². The maximum atomic E-state index is 11.4. The quantitative estimate of drug-likeness (QED) is 0.505. The van der Waals surface area contributed by atoms with E-state index in [-0.39, 0.29) is 0 Å². The van der Waals surface area contributed by atoms with Gasteiger partial charge in [-0.25, -0.2) is 18.0 Å². The van der Waals surface area contributed by atoms with Gasteiger partial charge in [0.25, 0.3) is 0 Å². The van der Waals surface area contributed by atoms with E-state index in [0.29, 0.717) is 0 Å². The fourth-order valence-electron chi connectivity index (χ4n) is 0.538.